The fourth-order valence-corrected chi connectivity index (χ4v) is 1.11. The van der Waals surface area contributed by atoms with E-state index in [1.54, 1.807) is 0 Å². The Morgan fingerprint density at radius 2 is 2.38 bits per heavy atom. The number of rotatable bonds is 4. The van der Waals surface area contributed by atoms with Gasteiger partial charge in [0.2, 0.25) is 0 Å². The molecule has 0 aromatic heterocycles. The zero-order valence-corrected chi connectivity index (χ0v) is 6.90. The van der Waals surface area contributed by atoms with Gasteiger partial charge in [-0.1, -0.05) is 11.7 Å². The van der Waals surface area contributed by atoms with Gasteiger partial charge in [-0.05, 0) is 12.8 Å². The molecule has 0 amide bonds. The summed E-state index contributed by atoms with van der Waals surface area (Å²) in [5.74, 6) is 0. The zero-order valence-electron chi connectivity index (χ0n) is 5.48. The molecule has 0 bridgehead atoms. The van der Waals surface area contributed by atoms with E-state index in [9.17, 15) is 0 Å². The number of aliphatic hydroxyl groups excluding tert-OH is 1. The summed E-state index contributed by atoms with van der Waals surface area (Å²) in [6.07, 6.45) is 1.94. The fourth-order valence-electron chi connectivity index (χ4n) is 0.506. The van der Waals surface area contributed by atoms with E-state index in [2.05, 4.69) is 13.1 Å². The highest BCUT2D eigenvalue weighted by atomic mass is 28.2. The first-order valence-electron chi connectivity index (χ1n) is 3.08. The molecule has 0 saturated carbocycles. The highest BCUT2D eigenvalue weighted by molar-refractivity contribution is 6.43. The molecule has 0 radical (unpaired) electrons. The lowest BCUT2D eigenvalue weighted by molar-refractivity contribution is 0.289. The van der Waals surface area contributed by atoms with Crippen molar-refractivity contribution >= 4 is 9.52 Å². The van der Waals surface area contributed by atoms with Crippen molar-refractivity contribution in [1.29, 1.82) is 0 Å². The first-order valence-corrected chi connectivity index (χ1v) is 5.21. The van der Waals surface area contributed by atoms with Gasteiger partial charge in [0.25, 0.3) is 0 Å². The number of hydrogen-bond donors (Lipinski definition) is 1. The van der Waals surface area contributed by atoms with Crippen LogP contribution in [0.1, 0.15) is 12.8 Å². The van der Waals surface area contributed by atoms with Gasteiger partial charge >= 0.3 is 0 Å². The van der Waals surface area contributed by atoms with Crippen molar-refractivity contribution in [3.63, 3.8) is 0 Å². The third kappa shape index (κ3) is 4.09. The molecule has 0 aliphatic rings. The summed E-state index contributed by atoms with van der Waals surface area (Å²) in [6, 6.07) is 0. The molecule has 0 unspecified atom stereocenters. The van der Waals surface area contributed by atoms with Crippen LogP contribution in [0.25, 0.3) is 0 Å². The first kappa shape index (κ1) is 7.92. The van der Waals surface area contributed by atoms with Crippen LogP contribution >= 0.6 is 0 Å². The highest BCUT2D eigenvalue weighted by Gasteiger charge is 1.87. The zero-order chi connectivity index (χ0) is 6.41. The van der Waals surface area contributed by atoms with Gasteiger partial charge in [-0.15, -0.1) is 6.58 Å². The summed E-state index contributed by atoms with van der Waals surface area (Å²) in [7, 11) is 0.0125. The molecule has 2 heteroatoms. The van der Waals surface area contributed by atoms with Crippen molar-refractivity contribution < 1.29 is 5.11 Å². The van der Waals surface area contributed by atoms with Gasteiger partial charge in [0.1, 0.15) is 0 Å². The molecule has 0 fully saturated rings. The molecule has 1 N–H and O–H groups in total. The molecule has 1 nitrogen and oxygen atoms in total. The standard InChI is InChI=1S/C6H14OSi/c1-6(8-2)4-3-5-7/h7H,1,3-5,8H2,2H3. The molecule has 0 heterocycles. The maximum Gasteiger partial charge on any atom is 0.0457 e. The SMILES string of the molecule is C=C(CCCO)[SiH2]C. The smallest absolute Gasteiger partial charge is 0.0457 e. The van der Waals surface area contributed by atoms with Gasteiger partial charge in [0, 0.05) is 16.1 Å². The Kier molecular flexibility index (Phi) is 5.01. The predicted molar refractivity (Wildman–Crippen MR) is 39.9 cm³/mol. The molecular formula is C6H14OSi. The Morgan fingerprint density at radius 1 is 1.75 bits per heavy atom. The second kappa shape index (κ2) is 5.06. The Bertz CT molecular complexity index is 70.9. The van der Waals surface area contributed by atoms with Crippen LogP contribution in [0.4, 0.5) is 0 Å². The molecule has 0 aromatic carbocycles. The maximum atomic E-state index is 8.38. The summed E-state index contributed by atoms with van der Waals surface area (Å²) in [4.78, 5) is 0. The van der Waals surface area contributed by atoms with Crippen molar-refractivity contribution in [3.05, 3.63) is 11.8 Å². The molecule has 0 aromatic rings. The van der Waals surface area contributed by atoms with E-state index in [1.807, 2.05) is 0 Å². The van der Waals surface area contributed by atoms with E-state index in [0.717, 1.165) is 12.8 Å². The summed E-state index contributed by atoms with van der Waals surface area (Å²) < 4.78 is 0. The lowest BCUT2D eigenvalue weighted by Crippen LogP contribution is -1.90. The summed E-state index contributed by atoms with van der Waals surface area (Å²) in [5, 5.41) is 9.76. The van der Waals surface area contributed by atoms with Crippen LogP contribution in [-0.2, 0) is 0 Å². The minimum Gasteiger partial charge on any atom is -0.396 e. The quantitative estimate of drug-likeness (QED) is 0.549. The van der Waals surface area contributed by atoms with Crippen LogP contribution in [-0.4, -0.2) is 21.2 Å². The molecule has 0 saturated heterocycles. The lowest BCUT2D eigenvalue weighted by Gasteiger charge is -1.96. The van der Waals surface area contributed by atoms with Crippen LogP contribution in [0.3, 0.4) is 0 Å². The second-order valence-corrected chi connectivity index (χ2v) is 3.64. The van der Waals surface area contributed by atoms with Crippen LogP contribution in [0.2, 0.25) is 6.55 Å². The summed E-state index contributed by atoms with van der Waals surface area (Å²) in [5.41, 5.74) is 0. The minimum atomic E-state index is 0.0125. The second-order valence-electron chi connectivity index (χ2n) is 1.93. The largest absolute Gasteiger partial charge is 0.396 e. The minimum absolute atomic E-state index is 0.0125. The first-order chi connectivity index (χ1) is 3.81. The number of hydrogen-bond acceptors (Lipinski definition) is 1. The van der Waals surface area contributed by atoms with Crippen molar-refractivity contribution in [1.82, 2.24) is 0 Å². The van der Waals surface area contributed by atoms with Crippen LogP contribution < -0.4 is 0 Å². The van der Waals surface area contributed by atoms with Gasteiger partial charge in [-0.3, -0.25) is 0 Å². The maximum absolute atomic E-state index is 8.38. The molecular weight excluding hydrogens is 116 g/mol. The molecule has 0 rings (SSSR count). The Labute approximate surface area is 53.2 Å². The van der Waals surface area contributed by atoms with Gasteiger partial charge in [0.15, 0.2) is 0 Å². The van der Waals surface area contributed by atoms with E-state index in [1.165, 1.54) is 5.20 Å². The van der Waals surface area contributed by atoms with Gasteiger partial charge < -0.3 is 5.11 Å². The highest BCUT2D eigenvalue weighted by Crippen LogP contribution is 1.97. The van der Waals surface area contributed by atoms with E-state index < -0.39 is 0 Å². The van der Waals surface area contributed by atoms with Gasteiger partial charge in [-0.25, -0.2) is 0 Å². The monoisotopic (exact) mass is 130 g/mol. The Balaban J connectivity index is 2.99. The molecule has 0 atom stereocenters. The molecule has 48 valence electrons. The number of allylic oxidation sites excluding steroid dienone is 1. The summed E-state index contributed by atoms with van der Waals surface area (Å²) >= 11 is 0. The lowest BCUT2D eigenvalue weighted by atomic mass is 10.3. The van der Waals surface area contributed by atoms with Crippen LogP contribution in [0.5, 0.6) is 0 Å². The van der Waals surface area contributed by atoms with E-state index in [0.29, 0.717) is 6.61 Å². The average Bonchev–Trinajstić information content (AvgIpc) is 1.83. The average molecular weight is 130 g/mol. The van der Waals surface area contributed by atoms with Gasteiger partial charge in [-0.2, -0.15) is 0 Å². The Morgan fingerprint density at radius 3 is 2.75 bits per heavy atom. The van der Waals surface area contributed by atoms with Crippen molar-refractivity contribution in [2.75, 3.05) is 6.61 Å². The van der Waals surface area contributed by atoms with E-state index >= 15 is 0 Å². The normalized spacial score (nSPS) is 10.8. The topological polar surface area (TPSA) is 20.2 Å². The molecule has 8 heavy (non-hydrogen) atoms. The molecule has 0 aliphatic heterocycles. The van der Waals surface area contributed by atoms with Crippen molar-refractivity contribution in [2.45, 2.75) is 19.4 Å². The van der Waals surface area contributed by atoms with Crippen molar-refractivity contribution in [2.24, 2.45) is 0 Å². The van der Waals surface area contributed by atoms with Crippen LogP contribution in [0, 0.1) is 0 Å². The Hall–Kier alpha value is -0.0831. The summed E-state index contributed by atoms with van der Waals surface area (Å²) in [6.45, 7) is 6.40. The van der Waals surface area contributed by atoms with E-state index in [4.69, 9.17) is 5.11 Å². The van der Waals surface area contributed by atoms with Crippen molar-refractivity contribution in [3.8, 4) is 0 Å². The third-order valence-corrected chi connectivity index (χ3v) is 2.54. The van der Waals surface area contributed by atoms with Gasteiger partial charge in [0.05, 0.1) is 0 Å². The third-order valence-electron chi connectivity index (χ3n) is 1.19. The number of aliphatic hydroxyl groups is 1. The van der Waals surface area contributed by atoms with E-state index in [-0.39, 0.29) is 9.52 Å². The van der Waals surface area contributed by atoms with Crippen LogP contribution in [0.15, 0.2) is 11.8 Å². The predicted octanol–water partition coefficient (Wildman–Crippen LogP) is 0.489. The molecule has 0 aliphatic carbocycles. The molecule has 0 spiro atoms. The fraction of sp³-hybridized carbons (Fsp3) is 0.667.